The molecule has 0 aliphatic carbocycles. The van der Waals surface area contributed by atoms with E-state index in [9.17, 15) is 0 Å². The molecule has 1 aliphatic rings. The lowest BCUT2D eigenvalue weighted by Gasteiger charge is -2.22. The Morgan fingerprint density at radius 1 is 1.40 bits per heavy atom. The molecule has 0 amide bonds. The van der Waals surface area contributed by atoms with Crippen LogP contribution in [0.3, 0.4) is 0 Å². The number of hydrogen-bond acceptors (Lipinski definition) is 4. The molecule has 20 heavy (non-hydrogen) atoms. The maximum Gasteiger partial charge on any atom is 0.160 e. The zero-order chi connectivity index (χ0) is 13.8. The van der Waals surface area contributed by atoms with Crippen molar-refractivity contribution in [2.75, 3.05) is 12.4 Å². The fraction of sp³-hybridized carbons (Fsp3) is 0.600. The number of hydrogen-bond donors (Lipinski definition) is 1. The predicted molar refractivity (Wildman–Crippen MR) is 83.0 cm³/mol. The average molecular weight is 291 g/mol. The van der Waals surface area contributed by atoms with Crippen molar-refractivity contribution in [2.45, 2.75) is 43.9 Å². The monoisotopic (exact) mass is 291 g/mol. The minimum atomic E-state index is 0.217. The third-order valence-electron chi connectivity index (χ3n) is 3.80. The fourth-order valence-corrected chi connectivity index (χ4v) is 4.07. The molecule has 1 atom stereocenters. The zero-order valence-electron chi connectivity index (χ0n) is 11.7. The summed E-state index contributed by atoms with van der Waals surface area (Å²) in [5, 5.41) is 9.73. The van der Waals surface area contributed by atoms with Crippen LogP contribution in [0.15, 0.2) is 18.3 Å². The maximum atomic E-state index is 9.06. The fourth-order valence-electron chi connectivity index (χ4n) is 2.78. The highest BCUT2D eigenvalue weighted by Crippen LogP contribution is 2.28. The molecule has 3 heterocycles. The molecule has 3 rings (SSSR count). The van der Waals surface area contributed by atoms with E-state index in [0.29, 0.717) is 5.25 Å². The molecule has 1 saturated heterocycles. The summed E-state index contributed by atoms with van der Waals surface area (Å²) in [6.45, 7) is 1.22. The topological polar surface area (TPSA) is 50.9 Å². The molecule has 108 valence electrons. The number of pyridine rings is 1. The van der Waals surface area contributed by atoms with E-state index in [1.807, 2.05) is 18.3 Å². The molecule has 2 aromatic heterocycles. The first-order valence-electron chi connectivity index (χ1n) is 7.41. The number of nitrogens with zero attached hydrogens (tertiary/aromatic N) is 3. The van der Waals surface area contributed by atoms with Gasteiger partial charge in [0.25, 0.3) is 0 Å². The van der Waals surface area contributed by atoms with Crippen molar-refractivity contribution < 1.29 is 5.11 Å². The summed E-state index contributed by atoms with van der Waals surface area (Å²) < 4.78 is 2.27. The lowest BCUT2D eigenvalue weighted by Crippen LogP contribution is -2.19. The first-order valence-corrected chi connectivity index (χ1v) is 8.46. The second kappa shape index (κ2) is 6.59. The molecule has 4 nitrogen and oxygen atoms in total. The molecule has 0 bridgehead atoms. The molecular formula is C15H21N3OS. The lowest BCUT2D eigenvalue weighted by atomic mass is 10.2. The second-order valence-electron chi connectivity index (χ2n) is 5.30. The summed E-state index contributed by atoms with van der Waals surface area (Å²) in [7, 11) is 0. The van der Waals surface area contributed by atoms with Gasteiger partial charge in [-0.15, -0.1) is 0 Å². The van der Waals surface area contributed by atoms with Crippen LogP contribution >= 0.6 is 11.8 Å². The van der Waals surface area contributed by atoms with E-state index >= 15 is 0 Å². The predicted octanol–water partition coefficient (Wildman–Crippen LogP) is 2.64. The van der Waals surface area contributed by atoms with E-state index in [1.54, 1.807) is 0 Å². The molecule has 0 saturated carbocycles. The minimum Gasteiger partial charge on any atom is -0.396 e. The van der Waals surface area contributed by atoms with Crippen molar-refractivity contribution in [3.05, 3.63) is 24.2 Å². The molecule has 0 radical (unpaired) electrons. The van der Waals surface area contributed by atoms with Crippen LogP contribution in [0, 0.1) is 0 Å². The summed E-state index contributed by atoms with van der Waals surface area (Å²) in [5.74, 6) is 2.34. The van der Waals surface area contributed by atoms with Crippen LogP contribution in [-0.2, 0) is 13.0 Å². The van der Waals surface area contributed by atoms with E-state index in [0.717, 1.165) is 36.4 Å². The second-order valence-corrected chi connectivity index (χ2v) is 6.71. The van der Waals surface area contributed by atoms with Gasteiger partial charge in [0, 0.05) is 31.0 Å². The highest BCUT2D eigenvalue weighted by atomic mass is 32.2. The van der Waals surface area contributed by atoms with E-state index < -0.39 is 0 Å². The number of rotatable bonds is 5. The Bertz CT molecular complexity index is 563. The molecule has 1 fully saturated rings. The van der Waals surface area contributed by atoms with Gasteiger partial charge in [-0.05, 0) is 37.1 Å². The summed E-state index contributed by atoms with van der Waals surface area (Å²) in [6, 6.07) is 3.96. The third kappa shape index (κ3) is 2.99. The van der Waals surface area contributed by atoms with Gasteiger partial charge in [0.2, 0.25) is 0 Å². The SMILES string of the molecule is OCCCc1nc2cccnc2n1CC1CCCCS1. The Labute approximate surface area is 123 Å². The normalized spacial score (nSPS) is 19.6. The Morgan fingerprint density at radius 3 is 3.15 bits per heavy atom. The highest BCUT2D eigenvalue weighted by molar-refractivity contribution is 7.99. The van der Waals surface area contributed by atoms with Crippen molar-refractivity contribution >= 4 is 22.9 Å². The molecule has 2 aromatic rings. The summed E-state index contributed by atoms with van der Waals surface area (Å²) in [5.41, 5.74) is 1.97. The molecule has 0 aromatic carbocycles. The van der Waals surface area contributed by atoms with Crippen LogP contribution in [0.1, 0.15) is 31.5 Å². The van der Waals surface area contributed by atoms with Gasteiger partial charge in [-0.25, -0.2) is 9.97 Å². The number of aliphatic hydroxyl groups is 1. The van der Waals surface area contributed by atoms with Gasteiger partial charge in [-0.2, -0.15) is 11.8 Å². The highest BCUT2D eigenvalue weighted by Gasteiger charge is 2.18. The third-order valence-corrected chi connectivity index (χ3v) is 5.18. The zero-order valence-corrected chi connectivity index (χ0v) is 12.5. The van der Waals surface area contributed by atoms with E-state index in [4.69, 9.17) is 10.1 Å². The van der Waals surface area contributed by atoms with Gasteiger partial charge in [0.1, 0.15) is 11.3 Å². The van der Waals surface area contributed by atoms with Crippen LogP contribution in [0.5, 0.6) is 0 Å². The summed E-state index contributed by atoms with van der Waals surface area (Å²) >= 11 is 2.08. The number of aliphatic hydroxyl groups excluding tert-OH is 1. The maximum absolute atomic E-state index is 9.06. The van der Waals surface area contributed by atoms with Crippen molar-refractivity contribution in [3.63, 3.8) is 0 Å². The number of aryl methyl sites for hydroxylation is 1. The molecule has 0 spiro atoms. The lowest BCUT2D eigenvalue weighted by molar-refractivity contribution is 0.287. The van der Waals surface area contributed by atoms with Crippen LogP contribution in [0.2, 0.25) is 0 Å². The van der Waals surface area contributed by atoms with Gasteiger partial charge in [0.05, 0.1) is 0 Å². The number of fused-ring (bicyclic) bond motifs is 1. The summed E-state index contributed by atoms with van der Waals surface area (Å²) in [4.78, 5) is 9.20. The van der Waals surface area contributed by atoms with Crippen LogP contribution in [-0.4, -0.2) is 37.3 Å². The van der Waals surface area contributed by atoms with Gasteiger partial charge in [0.15, 0.2) is 5.65 Å². The van der Waals surface area contributed by atoms with Crippen LogP contribution in [0.25, 0.3) is 11.2 Å². The minimum absolute atomic E-state index is 0.217. The van der Waals surface area contributed by atoms with Gasteiger partial charge in [-0.1, -0.05) is 6.42 Å². The van der Waals surface area contributed by atoms with Gasteiger partial charge in [-0.3, -0.25) is 0 Å². The van der Waals surface area contributed by atoms with Crippen LogP contribution < -0.4 is 0 Å². The van der Waals surface area contributed by atoms with E-state index in [-0.39, 0.29) is 6.61 Å². The molecule has 5 heteroatoms. The van der Waals surface area contributed by atoms with Crippen molar-refractivity contribution in [1.82, 2.24) is 14.5 Å². The Hall–Kier alpha value is -1.07. The standard InChI is InChI=1S/C15H21N3OS/c19-9-4-7-14-17-13-6-3-8-16-15(13)18(14)11-12-5-1-2-10-20-12/h3,6,8,12,19H,1-2,4-5,7,9-11H2. The van der Waals surface area contributed by atoms with E-state index in [2.05, 4.69) is 21.3 Å². The average Bonchev–Trinajstić information content (AvgIpc) is 2.84. The molecule has 1 unspecified atom stereocenters. The largest absolute Gasteiger partial charge is 0.396 e. The van der Waals surface area contributed by atoms with E-state index in [1.165, 1.54) is 25.0 Å². The molecule has 1 aliphatic heterocycles. The molecule has 1 N–H and O–H groups in total. The van der Waals surface area contributed by atoms with Gasteiger partial charge < -0.3 is 9.67 Å². The Balaban J connectivity index is 1.88. The quantitative estimate of drug-likeness (QED) is 0.920. The first kappa shape index (κ1) is 13.9. The van der Waals surface area contributed by atoms with Crippen LogP contribution in [0.4, 0.5) is 0 Å². The van der Waals surface area contributed by atoms with Crippen molar-refractivity contribution in [2.24, 2.45) is 0 Å². The number of thioether (sulfide) groups is 1. The summed E-state index contributed by atoms with van der Waals surface area (Å²) in [6.07, 6.45) is 7.40. The van der Waals surface area contributed by atoms with Gasteiger partial charge >= 0.3 is 0 Å². The smallest absolute Gasteiger partial charge is 0.160 e. The van der Waals surface area contributed by atoms with Crippen molar-refractivity contribution in [3.8, 4) is 0 Å². The number of imidazole rings is 1. The number of aromatic nitrogens is 3. The first-order chi connectivity index (χ1) is 9.88. The molecular weight excluding hydrogens is 270 g/mol. The Kier molecular flexibility index (Phi) is 4.58. The Morgan fingerprint density at radius 2 is 2.35 bits per heavy atom. The van der Waals surface area contributed by atoms with Crippen molar-refractivity contribution in [1.29, 1.82) is 0 Å².